The number of aliphatic hydroxyl groups is 1. The first-order chi connectivity index (χ1) is 29.2. The Morgan fingerprint density at radius 2 is 1.11 bits per heavy atom. The van der Waals surface area contributed by atoms with Crippen molar-refractivity contribution in [2.24, 2.45) is 15.3 Å². The van der Waals surface area contributed by atoms with Gasteiger partial charge in [0, 0.05) is 64.3 Å². The highest BCUT2D eigenvalue weighted by molar-refractivity contribution is 5.15. The SMILES string of the molecule is CC(C)(C)n1cc(CN(Cc2cn(CCO)nn2)Cc2cn(C(C)(C)C)nn2)nn1.Cc1ccnc(CN=[N+]=[N-])c1.[N-]=[N+]=NCc1ccccc1.[N-]=[N+]=NCc1ccccn1. The molecule has 0 saturated heterocycles. The fourth-order valence-electron chi connectivity index (χ4n) is 4.96. The predicted octanol–water partition coefficient (Wildman–Crippen LogP) is 7.75. The van der Waals surface area contributed by atoms with Crippen molar-refractivity contribution in [2.45, 2.75) is 105 Å². The number of aliphatic hydroxyl groups excluding tert-OH is 1. The molecule has 0 amide bonds. The Hall–Kier alpha value is -7.21. The van der Waals surface area contributed by atoms with Crippen LogP contribution in [0.15, 0.2) is 107 Å². The molecule has 22 nitrogen and oxygen atoms in total. The van der Waals surface area contributed by atoms with E-state index in [4.69, 9.17) is 21.7 Å². The van der Waals surface area contributed by atoms with E-state index in [1.54, 1.807) is 17.1 Å². The second-order valence-corrected chi connectivity index (χ2v) is 15.3. The van der Waals surface area contributed by atoms with Crippen LogP contribution in [0.5, 0.6) is 0 Å². The summed E-state index contributed by atoms with van der Waals surface area (Å²) in [6, 6.07) is 18.9. The van der Waals surface area contributed by atoms with Crippen molar-refractivity contribution in [1.29, 1.82) is 0 Å². The number of benzene rings is 1. The number of aromatic nitrogens is 11. The summed E-state index contributed by atoms with van der Waals surface area (Å²) in [5, 5.41) is 44.8. The Morgan fingerprint density at radius 3 is 1.61 bits per heavy atom. The lowest BCUT2D eigenvalue weighted by atomic mass is 10.1. The molecule has 22 heteroatoms. The monoisotopic (exact) mass is 831 g/mol. The van der Waals surface area contributed by atoms with E-state index in [-0.39, 0.29) is 17.7 Å². The molecule has 0 bridgehead atoms. The fourth-order valence-corrected chi connectivity index (χ4v) is 4.96. The molecule has 0 spiro atoms. The van der Waals surface area contributed by atoms with Crippen LogP contribution in [0, 0.1) is 6.92 Å². The lowest BCUT2D eigenvalue weighted by Gasteiger charge is -2.20. The number of azide groups is 3. The first-order valence-corrected chi connectivity index (χ1v) is 19.2. The molecule has 61 heavy (non-hydrogen) atoms. The van der Waals surface area contributed by atoms with E-state index in [1.807, 2.05) is 95.5 Å². The van der Waals surface area contributed by atoms with Crippen molar-refractivity contribution < 1.29 is 5.11 Å². The summed E-state index contributed by atoms with van der Waals surface area (Å²) in [7, 11) is 0. The smallest absolute Gasteiger partial charge is 0.0967 e. The third-order valence-corrected chi connectivity index (χ3v) is 7.98. The summed E-state index contributed by atoms with van der Waals surface area (Å²) in [6.07, 6.45) is 9.17. The molecular formula is C39H53N21O. The third-order valence-electron chi connectivity index (χ3n) is 7.98. The first kappa shape index (κ1) is 48.2. The average Bonchev–Trinajstić information content (AvgIpc) is 4.03. The quantitative estimate of drug-likeness (QED) is 0.0632. The predicted molar refractivity (Wildman–Crippen MR) is 228 cm³/mol. The van der Waals surface area contributed by atoms with Gasteiger partial charge in [-0.1, -0.05) is 67.4 Å². The Balaban J connectivity index is 0.000000259. The number of hydrogen-bond donors (Lipinski definition) is 1. The van der Waals surface area contributed by atoms with E-state index in [2.05, 4.69) is 117 Å². The average molecular weight is 832 g/mol. The summed E-state index contributed by atoms with van der Waals surface area (Å²) in [5.41, 5.74) is 30.0. The molecule has 0 fully saturated rings. The zero-order valence-electron chi connectivity index (χ0n) is 35.7. The molecule has 5 heterocycles. The minimum absolute atomic E-state index is 0.0261. The topological polar surface area (TPSA) is 288 Å². The Bertz CT molecular complexity index is 2200. The van der Waals surface area contributed by atoms with E-state index < -0.39 is 0 Å². The number of pyridine rings is 2. The molecule has 0 atom stereocenters. The van der Waals surface area contributed by atoms with Gasteiger partial charge in [0.15, 0.2) is 0 Å². The molecule has 320 valence electrons. The van der Waals surface area contributed by atoms with Gasteiger partial charge in [-0.25, -0.2) is 14.0 Å². The number of nitrogens with zero attached hydrogens (tertiary/aromatic N) is 21. The number of hydrogen-bond acceptors (Lipinski definition) is 13. The largest absolute Gasteiger partial charge is 0.394 e. The Labute approximate surface area is 354 Å². The summed E-state index contributed by atoms with van der Waals surface area (Å²) < 4.78 is 5.38. The van der Waals surface area contributed by atoms with Crippen LogP contribution in [0.2, 0.25) is 0 Å². The molecule has 0 aliphatic rings. The van der Waals surface area contributed by atoms with Crippen LogP contribution in [0.25, 0.3) is 31.3 Å². The maximum absolute atomic E-state index is 9.10. The number of rotatable bonds is 14. The van der Waals surface area contributed by atoms with E-state index in [1.165, 1.54) is 0 Å². The minimum Gasteiger partial charge on any atom is -0.394 e. The van der Waals surface area contributed by atoms with Gasteiger partial charge in [0.2, 0.25) is 0 Å². The van der Waals surface area contributed by atoms with Gasteiger partial charge in [-0.3, -0.25) is 14.9 Å². The summed E-state index contributed by atoms with van der Waals surface area (Å²) in [4.78, 5) is 18.1. The highest BCUT2D eigenvalue weighted by Gasteiger charge is 2.20. The maximum Gasteiger partial charge on any atom is 0.0967 e. The second kappa shape index (κ2) is 25.3. The van der Waals surface area contributed by atoms with Crippen molar-refractivity contribution >= 4 is 0 Å². The van der Waals surface area contributed by atoms with E-state index in [9.17, 15) is 0 Å². The van der Waals surface area contributed by atoms with Gasteiger partial charge in [-0.15, -0.1) is 15.3 Å². The van der Waals surface area contributed by atoms with Crippen molar-refractivity contribution in [2.75, 3.05) is 6.61 Å². The minimum atomic E-state index is -0.127. The van der Waals surface area contributed by atoms with Crippen LogP contribution in [0.3, 0.4) is 0 Å². The summed E-state index contributed by atoms with van der Waals surface area (Å²) in [5.74, 6) is 0. The van der Waals surface area contributed by atoms with Gasteiger partial charge < -0.3 is 5.11 Å². The summed E-state index contributed by atoms with van der Waals surface area (Å²) in [6.45, 7) is 17.8. The van der Waals surface area contributed by atoms with E-state index in [0.717, 1.165) is 39.6 Å². The summed E-state index contributed by atoms with van der Waals surface area (Å²) >= 11 is 0. The highest BCUT2D eigenvalue weighted by atomic mass is 16.3. The molecule has 1 N–H and O–H groups in total. The maximum atomic E-state index is 9.10. The van der Waals surface area contributed by atoms with Gasteiger partial charge in [0.25, 0.3) is 0 Å². The lowest BCUT2D eigenvalue weighted by molar-refractivity contribution is 0.238. The van der Waals surface area contributed by atoms with Crippen molar-refractivity contribution in [3.05, 3.63) is 163 Å². The van der Waals surface area contributed by atoms with E-state index in [0.29, 0.717) is 45.8 Å². The zero-order valence-corrected chi connectivity index (χ0v) is 35.7. The van der Waals surface area contributed by atoms with Crippen molar-refractivity contribution in [1.82, 2.24) is 59.8 Å². The second-order valence-electron chi connectivity index (χ2n) is 15.3. The molecule has 0 unspecified atom stereocenters. The molecule has 0 saturated carbocycles. The van der Waals surface area contributed by atoms with Crippen molar-refractivity contribution in [3.63, 3.8) is 0 Å². The molecule has 0 aliphatic heterocycles. The Morgan fingerprint density at radius 1 is 0.607 bits per heavy atom. The van der Waals surface area contributed by atoms with Gasteiger partial charge in [-0.2, -0.15) is 0 Å². The van der Waals surface area contributed by atoms with Crippen LogP contribution in [0.1, 0.15) is 81.1 Å². The molecule has 0 radical (unpaired) electrons. The zero-order chi connectivity index (χ0) is 44.5. The van der Waals surface area contributed by atoms with Gasteiger partial charge in [0.05, 0.1) is 73.3 Å². The van der Waals surface area contributed by atoms with Gasteiger partial charge >= 0.3 is 0 Å². The van der Waals surface area contributed by atoms with Crippen LogP contribution >= 0.6 is 0 Å². The van der Waals surface area contributed by atoms with Crippen LogP contribution in [-0.2, 0) is 56.9 Å². The van der Waals surface area contributed by atoms with Crippen LogP contribution in [0.4, 0.5) is 0 Å². The molecule has 5 aromatic heterocycles. The number of aryl methyl sites for hydroxylation is 1. The fraction of sp³-hybridized carbons (Fsp3) is 0.436. The molecule has 0 aliphatic carbocycles. The molecular weight excluding hydrogens is 779 g/mol. The highest BCUT2D eigenvalue weighted by Crippen LogP contribution is 2.17. The third kappa shape index (κ3) is 18.9. The van der Waals surface area contributed by atoms with Crippen molar-refractivity contribution in [3.8, 4) is 0 Å². The first-order valence-electron chi connectivity index (χ1n) is 19.2. The molecule has 6 aromatic rings. The molecule has 1 aromatic carbocycles. The van der Waals surface area contributed by atoms with E-state index >= 15 is 0 Å². The van der Waals surface area contributed by atoms with Gasteiger partial charge in [-0.05, 0) is 100 Å². The Kier molecular flexibility index (Phi) is 20.0. The standard InChI is InChI=1S/C19H32N10O.C7H8N4.C7H7N3.C6H6N4/c1-18(2,3)28-13-16(21-24-28)10-26(9-15-12-27(7-8-30)23-20-15)11-17-14-29(25-22-17)19(4,5)6;1-6-2-3-9-7(4-6)5-10-11-8;8-10-9-6-7-4-2-1-3-5-7;7-10-9-5-6-3-1-2-4-8-6/h12-14,30H,7-11H2,1-6H3;2-4H,5H2,1H3;1-5H,6H2;1-4H,5H2. The van der Waals surface area contributed by atoms with Gasteiger partial charge in [0.1, 0.15) is 0 Å². The normalized spacial score (nSPS) is 10.6. The van der Waals surface area contributed by atoms with Crippen LogP contribution < -0.4 is 0 Å². The molecule has 6 rings (SSSR count). The van der Waals surface area contributed by atoms with Crippen LogP contribution in [-0.4, -0.2) is 71.6 Å². The lowest BCUT2D eigenvalue weighted by Crippen LogP contribution is -2.24.